The summed E-state index contributed by atoms with van der Waals surface area (Å²) >= 11 is 9.71. The molecule has 0 saturated carbocycles. The summed E-state index contributed by atoms with van der Waals surface area (Å²) in [7, 11) is -1.12. The van der Waals surface area contributed by atoms with Crippen LogP contribution in [0.1, 0.15) is 79.2 Å². The number of carbonyl (C=O) groups excluding carboxylic acids is 5. The number of hydrogen-bond donors (Lipinski definition) is 8. The van der Waals surface area contributed by atoms with Crippen LogP contribution in [0, 0.1) is 32.9 Å². The highest BCUT2D eigenvalue weighted by molar-refractivity contribution is 14.1. The number of fused-ring (bicyclic) bond motifs is 3. The van der Waals surface area contributed by atoms with Gasteiger partial charge >= 0.3 is 13.1 Å². The van der Waals surface area contributed by atoms with Gasteiger partial charge in [0.15, 0.2) is 17.1 Å². The molecule has 0 fully saturated rings. The highest BCUT2D eigenvalue weighted by atomic mass is 127. The second kappa shape index (κ2) is 32.4. The lowest BCUT2D eigenvalue weighted by Gasteiger charge is -2.35. The Morgan fingerprint density at radius 2 is 0.923 bits per heavy atom. The van der Waals surface area contributed by atoms with Crippen LogP contribution in [0.15, 0.2) is 91.0 Å². The fourth-order valence-corrected chi connectivity index (χ4v) is 11.7. The number of rotatable bonds is 14. The van der Waals surface area contributed by atoms with E-state index in [1.54, 1.807) is 98.7 Å². The molecular formula is C60H61BClFI2N14O12. The van der Waals surface area contributed by atoms with E-state index in [1.807, 2.05) is 45.2 Å². The van der Waals surface area contributed by atoms with Crippen LogP contribution < -0.4 is 11.5 Å². The minimum atomic E-state index is -1.12. The summed E-state index contributed by atoms with van der Waals surface area (Å²) < 4.78 is 19.2. The van der Waals surface area contributed by atoms with Gasteiger partial charge in [-0.3, -0.25) is 38.0 Å². The average Bonchev–Trinajstić information content (AvgIpc) is 1.69. The monoisotopic (exact) mass is 1490 g/mol. The van der Waals surface area contributed by atoms with Crippen LogP contribution >= 0.6 is 56.8 Å². The molecule has 3 unspecified atom stereocenters. The van der Waals surface area contributed by atoms with Crippen molar-refractivity contribution in [1.82, 2.24) is 44.0 Å². The lowest BCUT2D eigenvalue weighted by atomic mass is 9.88. The van der Waals surface area contributed by atoms with Crippen LogP contribution in [0.5, 0.6) is 0 Å². The van der Waals surface area contributed by atoms with Gasteiger partial charge in [-0.2, -0.15) is 15.3 Å². The van der Waals surface area contributed by atoms with Crippen LogP contribution in [-0.4, -0.2) is 155 Å². The normalized spacial score (nSPS) is 15.1. The van der Waals surface area contributed by atoms with E-state index in [-0.39, 0.29) is 119 Å². The SMILES string of the molecule is C.CCB(O)O.[C-]#[N+]c1ccc(CC(=O)N2Cc3c(C(=O)O)c(I)nn3CC2CO)cc1.[C-]#[N+]c1ccc(CC(=O)N2Cc3c(C(N)=O)c(-c4ccc(F)c(Cl)c4)nn3CC2CO)cc1.[C-]#[N+]c1ccc(CC(=O)N2Cc3c(C(N)=O)c(I)nn3CC2CO)cc1. The van der Waals surface area contributed by atoms with Crippen molar-refractivity contribution in [3.8, 4) is 11.3 Å². The maximum Gasteiger partial charge on any atom is 0.451 e. The van der Waals surface area contributed by atoms with Gasteiger partial charge in [0.25, 0.3) is 11.8 Å². The van der Waals surface area contributed by atoms with Crippen molar-refractivity contribution in [2.24, 2.45) is 11.5 Å². The molecule has 5 amide bonds. The predicted octanol–water partition coefficient (Wildman–Crippen LogP) is 5.82. The zero-order valence-electron chi connectivity index (χ0n) is 47.8. The topological polar surface area (TPSA) is 352 Å². The summed E-state index contributed by atoms with van der Waals surface area (Å²) in [5, 5.41) is 67.4. The third-order valence-corrected chi connectivity index (χ3v) is 16.4. The number of carboxylic acids is 1. The van der Waals surface area contributed by atoms with Gasteiger partial charge in [0, 0.05) is 5.56 Å². The van der Waals surface area contributed by atoms with Crippen LogP contribution in [0.4, 0.5) is 21.5 Å². The van der Waals surface area contributed by atoms with Gasteiger partial charge in [-0.1, -0.05) is 98.7 Å². The molecule has 4 aromatic carbocycles. The lowest BCUT2D eigenvalue weighted by Crippen LogP contribution is -2.49. The number of aromatic carboxylic acids is 1. The van der Waals surface area contributed by atoms with E-state index in [4.69, 9.17) is 52.8 Å². The zero-order chi connectivity index (χ0) is 65.7. The highest BCUT2D eigenvalue weighted by Crippen LogP contribution is 2.33. The Morgan fingerprint density at radius 1 is 0.593 bits per heavy atom. The van der Waals surface area contributed by atoms with Gasteiger partial charge in [-0.15, -0.1) is 0 Å². The molecule has 6 heterocycles. The van der Waals surface area contributed by atoms with Gasteiger partial charge in [-0.25, -0.2) is 23.7 Å². The molecule has 10 rings (SSSR count). The van der Waals surface area contributed by atoms with Crippen LogP contribution in [0.25, 0.3) is 25.8 Å². The van der Waals surface area contributed by atoms with Crippen molar-refractivity contribution in [3.05, 3.63) is 194 Å². The second-order valence-electron chi connectivity index (χ2n) is 20.4. The van der Waals surface area contributed by atoms with E-state index in [0.717, 1.165) is 16.7 Å². The van der Waals surface area contributed by atoms with E-state index in [0.29, 0.717) is 65.5 Å². The van der Waals surface area contributed by atoms with Crippen molar-refractivity contribution in [2.45, 2.75) is 97.3 Å². The van der Waals surface area contributed by atoms with Gasteiger partial charge in [-0.05, 0) is 86.4 Å². The van der Waals surface area contributed by atoms with Crippen LogP contribution in [0.3, 0.4) is 0 Å². The molecule has 474 valence electrons. The zero-order valence-corrected chi connectivity index (χ0v) is 52.9. The van der Waals surface area contributed by atoms with Crippen LogP contribution in [-0.2, 0) is 72.9 Å². The largest absolute Gasteiger partial charge is 0.478 e. The molecule has 0 saturated heterocycles. The molecule has 91 heavy (non-hydrogen) atoms. The smallest absolute Gasteiger partial charge is 0.451 e. The van der Waals surface area contributed by atoms with E-state index in [2.05, 4.69) is 29.8 Å². The maximum atomic E-state index is 13.6. The van der Waals surface area contributed by atoms with Gasteiger partial charge < -0.3 is 56.6 Å². The average molecular weight is 1490 g/mol. The van der Waals surface area contributed by atoms with Crippen molar-refractivity contribution in [2.75, 3.05) is 19.8 Å². The summed E-state index contributed by atoms with van der Waals surface area (Å²) in [6.07, 6.45) is 0.740. The Balaban J connectivity index is 0.000000210. The van der Waals surface area contributed by atoms with Gasteiger partial charge in [0.2, 0.25) is 17.7 Å². The van der Waals surface area contributed by atoms with E-state index in [9.17, 15) is 53.6 Å². The minimum absolute atomic E-state index is 0. The van der Waals surface area contributed by atoms with Crippen LogP contribution in [0.2, 0.25) is 11.3 Å². The summed E-state index contributed by atoms with van der Waals surface area (Å²) in [6, 6.07) is 22.8. The summed E-state index contributed by atoms with van der Waals surface area (Å²) in [5.41, 5.74) is 17.5. The lowest BCUT2D eigenvalue weighted by molar-refractivity contribution is -0.136. The number of amides is 5. The molecule has 3 aromatic heterocycles. The molecule has 0 spiro atoms. The molecule has 3 atom stereocenters. The van der Waals surface area contributed by atoms with Crippen molar-refractivity contribution in [3.63, 3.8) is 0 Å². The molecule has 0 radical (unpaired) electrons. The molecule has 3 aliphatic heterocycles. The Labute approximate surface area is 554 Å². The minimum Gasteiger partial charge on any atom is -0.478 e. The summed E-state index contributed by atoms with van der Waals surface area (Å²) in [4.78, 5) is 88.7. The first-order chi connectivity index (χ1) is 43.0. The molecular weight excluding hydrogens is 1430 g/mol. The number of carbonyl (C=O) groups is 6. The fourth-order valence-electron chi connectivity index (χ4n) is 9.92. The molecule has 3 aliphatic rings. The molecule has 10 N–H and O–H groups in total. The van der Waals surface area contributed by atoms with Crippen molar-refractivity contribution in [1.29, 1.82) is 0 Å². The highest BCUT2D eigenvalue weighted by Gasteiger charge is 2.38. The number of nitrogens with two attached hydrogens (primary N) is 2. The van der Waals surface area contributed by atoms with E-state index < -0.39 is 48.8 Å². The summed E-state index contributed by atoms with van der Waals surface area (Å²) in [6.45, 7) is 22.9. The fraction of sp³-hybridized carbons (Fsp3) is 0.300. The van der Waals surface area contributed by atoms with Gasteiger partial charge in [0.05, 0.1) is 149 Å². The number of hydrogen-bond acceptors (Lipinski definition) is 14. The standard InChI is InChI=1S/C23H19ClFN5O3.C17H16IN5O3.C17H15IN4O4.C2H7BO2.CH4/c1-27-15-5-2-13(3-6-15)8-20(32)29-11-19-21(23(26)33)22(28-30(19)10-16(29)12-31)14-4-7-18(25)17(24)9-14;1-20-11-4-2-10(3-5-11)6-14(25)22-8-13-15(17(19)26)16(18)21-23(13)7-12(22)9-24;1-19-11-4-2-10(3-5-11)6-14(24)21-8-13-15(17(25)26)16(18)20-22(13)7-12(21)9-23;1-2-3(4)5;/h2-7,9,16,31H,8,10-12H2,(H2,26,33);2-5,12,24H,6-9H2,(H2,19,26);2-5,12,23H,6-9H2,(H,25,26);4-5H,2H2,1H3;1H4. The number of aliphatic hydroxyl groups excluding tert-OH is 3. The second-order valence-corrected chi connectivity index (χ2v) is 22.9. The first-order valence-electron chi connectivity index (χ1n) is 27.3. The number of halogens is 4. The maximum absolute atomic E-state index is 13.6. The quantitative estimate of drug-likeness (QED) is 0.0361. The number of nitrogens with zero attached hydrogens (tertiary/aromatic N) is 12. The number of aromatic nitrogens is 6. The number of carboxylic acid groups (broad SMARTS) is 1. The van der Waals surface area contributed by atoms with Crippen molar-refractivity contribution >= 4 is 116 Å². The Kier molecular flexibility index (Phi) is 25.4. The molecule has 26 nitrogen and oxygen atoms in total. The predicted molar refractivity (Wildman–Crippen MR) is 347 cm³/mol. The Bertz CT molecular complexity index is 3810. The Hall–Kier alpha value is -8.66. The third kappa shape index (κ3) is 17.2. The Morgan fingerprint density at radius 3 is 1.23 bits per heavy atom. The van der Waals surface area contributed by atoms with Gasteiger partial charge in [0.1, 0.15) is 24.5 Å². The summed E-state index contributed by atoms with van der Waals surface area (Å²) in [5.74, 6) is -3.64. The molecule has 7 aromatic rings. The molecule has 0 aliphatic carbocycles. The first-order valence-corrected chi connectivity index (χ1v) is 29.9. The number of benzene rings is 4. The van der Waals surface area contributed by atoms with E-state index in [1.165, 1.54) is 28.0 Å². The number of aliphatic hydroxyl groups is 3. The third-order valence-electron chi connectivity index (χ3n) is 14.6. The molecule has 31 heteroatoms. The van der Waals surface area contributed by atoms with E-state index >= 15 is 0 Å². The molecule has 0 bridgehead atoms. The number of primary amides is 2. The van der Waals surface area contributed by atoms with Crippen molar-refractivity contribution < 1.29 is 63.6 Å². The first kappa shape index (κ1) is 71.4.